The zero-order valence-electron chi connectivity index (χ0n) is 8.01. The van der Waals surface area contributed by atoms with Crippen LogP contribution in [0.2, 0.25) is 10.0 Å². The van der Waals surface area contributed by atoms with Gasteiger partial charge in [-0.2, -0.15) is 0 Å². The van der Waals surface area contributed by atoms with E-state index in [0.717, 1.165) is 0 Å². The Hall–Kier alpha value is -0.970. The van der Waals surface area contributed by atoms with Gasteiger partial charge in [-0.1, -0.05) is 23.2 Å². The van der Waals surface area contributed by atoms with E-state index >= 15 is 0 Å². The number of hydrogen-bond acceptors (Lipinski definition) is 3. The minimum absolute atomic E-state index is 0.240. The molecule has 0 fully saturated rings. The molecule has 1 aromatic rings. The molecule has 0 saturated carbocycles. The molecule has 3 N–H and O–H groups in total. The van der Waals surface area contributed by atoms with Crippen LogP contribution in [0.4, 0.5) is 5.69 Å². The van der Waals surface area contributed by atoms with Crippen LogP contribution in [-0.4, -0.2) is 12.5 Å². The van der Waals surface area contributed by atoms with Crippen LogP contribution in [0.15, 0.2) is 12.1 Å². The Balaban J connectivity index is 2.91. The van der Waals surface area contributed by atoms with Crippen LogP contribution in [0, 0.1) is 0 Å². The number of halogens is 2. The minimum atomic E-state index is -0.416. The van der Waals surface area contributed by atoms with Crippen LogP contribution in [0.1, 0.15) is 17.3 Å². The molecule has 0 bridgehead atoms. The van der Waals surface area contributed by atoms with Crippen molar-refractivity contribution in [2.24, 2.45) is 0 Å². The first-order chi connectivity index (χ1) is 7.06. The topological polar surface area (TPSA) is 64.3 Å². The van der Waals surface area contributed by atoms with Gasteiger partial charge < -0.3 is 5.73 Å². The number of carbonyl (C=O) groups is 1. The largest absolute Gasteiger partial charge is 0.396 e. The highest BCUT2D eigenvalue weighted by Gasteiger charge is 2.10. The van der Waals surface area contributed by atoms with Gasteiger partial charge in [0.15, 0.2) is 0 Å². The lowest BCUT2D eigenvalue weighted by molar-refractivity contribution is 0.0364. The summed E-state index contributed by atoms with van der Waals surface area (Å²) in [6.07, 6.45) is 0. The van der Waals surface area contributed by atoms with Crippen LogP contribution in [-0.2, 0) is 4.84 Å². The van der Waals surface area contributed by atoms with Gasteiger partial charge >= 0.3 is 0 Å². The highest BCUT2D eigenvalue weighted by Crippen LogP contribution is 2.28. The van der Waals surface area contributed by atoms with E-state index in [2.05, 4.69) is 5.48 Å². The summed E-state index contributed by atoms with van der Waals surface area (Å²) < 4.78 is 0. The number of hydroxylamine groups is 1. The van der Waals surface area contributed by atoms with E-state index in [4.69, 9.17) is 33.8 Å². The first-order valence-corrected chi connectivity index (χ1v) is 4.98. The smallest absolute Gasteiger partial charge is 0.274 e. The van der Waals surface area contributed by atoms with Gasteiger partial charge in [0.25, 0.3) is 5.91 Å². The van der Waals surface area contributed by atoms with Gasteiger partial charge in [-0.15, -0.1) is 0 Å². The summed E-state index contributed by atoms with van der Waals surface area (Å²) in [5, 5.41) is 0.480. The van der Waals surface area contributed by atoms with Gasteiger partial charge in [0.1, 0.15) is 0 Å². The van der Waals surface area contributed by atoms with Crippen molar-refractivity contribution in [2.75, 3.05) is 12.3 Å². The first kappa shape index (κ1) is 12.1. The van der Waals surface area contributed by atoms with Crippen molar-refractivity contribution < 1.29 is 9.63 Å². The number of nitrogens with one attached hydrogen (secondary N) is 1. The Kier molecular flexibility index (Phi) is 4.20. The van der Waals surface area contributed by atoms with E-state index < -0.39 is 5.91 Å². The van der Waals surface area contributed by atoms with E-state index in [1.807, 2.05) is 0 Å². The number of hydrogen-bond donors (Lipinski definition) is 2. The van der Waals surface area contributed by atoms with Crippen molar-refractivity contribution in [1.29, 1.82) is 0 Å². The average molecular weight is 249 g/mol. The van der Waals surface area contributed by atoms with E-state index in [1.165, 1.54) is 12.1 Å². The number of rotatable bonds is 3. The standard InChI is InChI=1S/C9H10Cl2N2O2/c1-2-15-13-9(14)5-3-6(10)8(12)7(11)4-5/h3-4H,2,12H2,1H3,(H,13,14). The lowest BCUT2D eigenvalue weighted by Crippen LogP contribution is -2.23. The van der Waals surface area contributed by atoms with Crippen molar-refractivity contribution in [1.82, 2.24) is 5.48 Å². The molecular weight excluding hydrogens is 239 g/mol. The molecule has 0 atom stereocenters. The molecule has 0 aliphatic rings. The third-order valence-corrected chi connectivity index (χ3v) is 2.28. The highest BCUT2D eigenvalue weighted by molar-refractivity contribution is 6.39. The molecule has 4 nitrogen and oxygen atoms in total. The maximum atomic E-state index is 11.4. The van der Waals surface area contributed by atoms with Gasteiger partial charge in [0.2, 0.25) is 0 Å². The highest BCUT2D eigenvalue weighted by atomic mass is 35.5. The second-order valence-corrected chi connectivity index (χ2v) is 3.53. The van der Waals surface area contributed by atoms with Crippen LogP contribution in [0.25, 0.3) is 0 Å². The fourth-order valence-electron chi connectivity index (χ4n) is 0.912. The molecule has 0 heterocycles. The zero-order chi connectivity index (χ0) is 11.4. The maximum Gasteiger partial charge on any atom is 0.274 e. The molecule has 1 aromatic carbocycles. The molecule has 0 saturated heterocycles. The van der Waals surface area contributed by atoms with Crippen molar-refractivity contribution >= 4 is 34.8 Å². The normalized spacial score (nSPS) is 10.1. The second kappa shape index (κ2) is 5.21. The van der Waals surface area contributed by atoms with Crippen molar-refractivity contribution in [3.63, 3.8) is 0 Å². The lowest BCUT2D eigenvalue weighted by Gasteiger charge is -2.06. The summed E-state index contributed by atoms with van der Waals surface area (Å²) in [6.45, 7) is 2.13. The Labute approximate surface area is 97.3 Å². The SMILES string of the molecule is CCONC(=O)c1cc(Cl)c(N)c(Cl)c1. The summed E-state index contributed by atoms with van der Waals surface area (Å²) in [5.41, 5.74) is 8.30. The minimum Gasteiger partial charge on any atom is -0.396 e. The van der Waals surface area contributed by atoms with Crippen molar-refractivity contribution in [3.05, 3.63) is 27.7 Å². The second-order valence-electron chi connectivity index (χ2n) is 2.72. The van der Waals surface area contributed by atoms with Crippen LogP contribution in [0.5, 0.6) is 0 Å². The zero-order valence-corrected chi connectivity index (χ0v) is 9.52. The van der Waals surface area contributed by atoms with Gasteiger partial charge in [0, 0.05) is 5.56 Å². The van der Waals surface area contributed by atoms with Crippen molar-refractivity contribution in [3.8, 4) is 0 Å². The number of benzene rings is 1. The predicted octanol–water partition coefficient (Wildman–Crippen LogP) is 2.26. The number of amides is 1. The summed E-state index contributed by atoms with van der Waals surface area (Å²) in [7, 11) is 0. The van der Waals surface area contributed by atoms with Crippen LogP contribution in [0.3, 0.4) is 0 Å². The van der Waals surface area contributed by atoms with Crippen LogP contribution < -0.4 is 11.2 Å². The fourth-order valence-corrected chi connectivity index (χ4v) is 1.40. The Morgan fingerprint density at radius 1 is 1.47 bits per heavy atom. The van der Waals surface area contributed by atoms with Gasteiger partial charge in [-0.3, -0.25) is 9.63 Å². The molecule has 6 heteroatoms. The third-order valence-electron chi connectivity index (χ3n) is 1.65. The van der Waals surface area contributed by atoms with E-state index in [1.54, 1.807) is 6.92 Å². The molecule has 0 spiro atoms. The van der Waals surface area contributed by atoms with E-state index in [-0.39, 0.29) is 15.7 Å². The summed E-state index contributed by atoms with van der Waals surface area (Å²) in [5.74, 6) is -0.416. The summed E-state index contributed by atoms with van der Waals surface area (Å²) in [6, 6.07) is 2.86. The van der Waals surface area contributed by atoms with Gasteiger partial charge in [-0.25, -0.2) is 5.48 Å². The number of nitrogens with two attached hydrogens (primary N) is 1. The molecule has 15 heavy (non-hydrogen) atoms. The Morgan fingerprint density at radius 3 is 2.47 bits per heavy atom. The number of carbonyl (C=O) groups excluding carboxylic acids is 1. The van der Waals surface area contributed by atoms with E-state index in [0.29, 0.717) is 12.2 Å². The molecular formula is C9H10Cl2N2O2. The predicted molar refractivity (Wildman–Crippen MR) is 60.0 cm³/mol. The average Bonchev–Trinajstić information content (AvgIpc) is 2.21. The quantitative estimate of drug-likeness (QED) is 0.637. The molecule has 0 aliphatic heterocycles. The molecule has 82 valence electrons. The monoisotopic (exact) mass is 248 g/mol. The molecule has 0 aromatic heterocycles. The van der Waals surface area contributed by atoms with Crippen molar-refractivity contribution in [2.45, 2.75) is 6.92 Å². The van der Waals surface area contributed by atoms with Gasteiger partial charge in [0.05, 0.1) is 22.3 Å². The lowest BCUT2D eigenvalue weighted by atomic mass is 10.2. The maximum absolute atomic E-state index is 11.4. The summed E-state index contributed by atoms with van der Waals surface area (Å²) >= 11 is 11.5. The first-order valence-electron chi connectivity index (χ1n) is 4.23. The molecule has 1 amide bonds. The fraction of sp³-hybridized carbons (Fsp3) is 0.222. The molecule has 0 unspecified atom stereocenters. The number of nitrogen functional groups attached to an aromatic ring is 1. The molecule has 1 rings (SSSR count). The summed E-state index contributed by atoms with van der Waals surface area (Å²) in [4.78, 5) is 16.2. The number of anilines is 1. The van der Waals surface area contributed by atoms with E-state index in [9.17, 15) is 4.79 Å². The Bertz CT molecular complexity index is 359. The van der Waals surface area contributed by atoms with Gasteiger partial charge in [-0.05, 0) is 19.1 Å². The molecule has 0 aliphatic carbocycles. The Morgan fingerprint density at radius 2 is 2.00 bits per heavy atom. The third kappa shape index (κ3) is 2.99. The van der Waals surface area contributed by atoms with Crippen LogP contribution >= 0.6 is 23.2 Å². The molecule has 0 radical (unpaired) electrons.